The molecule has 0 N–H and O–H groups in total. The van der Waals surface area contributed by atoms with Crippen molar-refractivity contribution in [2.75, 3.05) is 13.7 Å². The van der Waals surface area contributed by atoms with Gasteiger partial charge in [-0.2, -0.15) is 13.2 Å². The second kappa shape index (κ2) is 6.46. The number of halogens is 3. The summed E-state index contributed by atoms with van der Waals surface area (Å²) in [5.41, 5.74) is 1.15. The zero-order chi connectivity index (χ0) is 18.0. The standard InChI is InChI=1S/C17H13F3N2O3/c1-24-12-7-5-11(6-8-12)14-15(16(23)25-10-17(18,19)20)22-9-3-2-4-13(22)21-14/h2-9H,10H2,1H3. The Hall–Kier alpha value is -3.03. The van der Waals surface area contributed by atoms with Gasteiger partial charge in [-0.15, -0.1) is 0 Å². The molecule has 3 aromatic rings. The Morgan fingerprint density at radius 1 is 1.16 bits per heavy atom. The highest BCUT2D eigenvalue weighted by molar-refractivity contribution is 5.96. The second-order valence-electron chi connectivity index (χ2n) is 5.16. The molecule has 130 valence electrons. The lowest BCUT2D eigenvalue weighted by Gasteiger charge is -2.09. The first kappa shape index (κ1) is 16.8. The number of ether oxygens (including phenoxy) is 2. The number of esters is 1. The third-order valence-corrected chi connectivity index (χ3v) is 3.45. The van der Waals surface area contributed by atoms with Crippen molar-refractivity contribution in [3.63, 3.8) is 0 Å². The minimum absolute atomic E-state index is 0.0648. The van der Waals surface area contributed by atoms with Crippen molar-refractivity contribution in [2.45, 2.75) is 6.18 Å². The van der Waals surface area contributed by atoms with Crippen molar-refractivity contribution in [3.05, 3.63) is 54.4 Å². The molecule has 0 saturated heterocycles. The fourth-order valence-electron chi connectivity index (χ4n) is 2.36. The highest BCUT2D eigenvalue weighted by Crippen LogP contribution is 2.27. The van der Waals surface area contributed by atoms with Crippen LogP contribution < -0.4 is 4.74 Å². The quantitative estimate of drug-likeness (QED) is 0.673. The predicted octanol–water partition coefficient (Wildman–Crippen LogP) is 3.73. The van der Waals surface area contributed by atoms with E-state index in [0.717, 1.165) is 0 Å². The zero-order valence-electron chi connectivity index (χ0n) is 13.1. The van der Waals surface area contributed by atoms with Gasteiger partial charge in [0.15, 0.2) is 12.3 Å². The predicted molar refractivity (Wildman–Crippen MR) is 83.5 cm³/mol. The van der Waals surface area contributed by atoms with Gasteiger partial charge < -0.3 is 9.47 Å². The van der Waals surface area contributed by atoms with Crippen LogP contribution in [0.25, 0.3) is 16.9 Å². The van der Waals surface area contributed by atoms with Crippen molar-refractivity contribution in [1.82, 2.24) is 9.38 Å². The van der Waals surface area contributed by atoms with Crippen LogP contribution in [0, 0.1) is 0 Å². The highest BCUT2D eigenvalue weighted by atomic mass is 19.4. The van der Waals surface area contributed by atoms with E-state index in [1.807, 2.05) is 0 Å². The fraction of sp³-hybridized carbons (Fsp3) is 0.176. The molecule has 0 unspecified atom stereocenters. The van der Waals surface area contributed by atoms with Crippen molar-refractivity contribution < 1.29 is 27.4 Å². The number of fused-ring (bicyclic) bond motifs is 1. The van der Waals surface area contributed by atoms with E-state index in [0.29, 0.717) is 17.0 Å². The van der Waals surface area contributed by atoms with E-state index >= 15 is 0 Å². The molecular formula is C17H13F3N2O3. The van der Waals surface area contributed by atoms with Crippen LogP contribution in [-0.4, -0.2) is 35.2 Å². The Morgan fingerprint density at radius 2 is 1.88 bits per heavy atom. The minimum Gasteiger partial charge on any atom is -0.497 e. The maximum atomic E-state index is 12.4. The molecule has 2 heterocycles. The van der Waals surface area contributed by atoms with Crippen molar-refractivity contribution in [1.29, 1.82) is 0 Å². The Bertz CT molecular complexity index is 902. The fourth-order valence-corrected chi connectivity index (χ4v) is 2.36. The Morgan fingerprint density at radius 3 is 2.52 bits per heavy atom. The van der Waals surface area contributed by atoms with E-state index in [1.165, 1.54) is 11.5 Å². The van der Waals surface area contributed by atoms with Gasteiger partial charge in [-0.25, -0.2) is 9.78 Å². The summed E-state index contributed by atoms with van der Waals surface area (Å²) < 4.78 is 48.0. The maximum Gasteiger partial charge on any atom is 0.422 e. The summed E-state index contributed by atoms with van der Waals surface area (Å²) >= 11 is 0. The Balaban J connectivity index is 2.06. The summed E-state index contributed by atoms with van der Waals surface area (Å²) in [5.74, 6) is -0.490. The number of rotatable bonds is 4. The van der Waals surface area contributed by atoms with Gasteiger partial charge in [0.2, 0.25) is 0 Å². The van der Waals surface area contributed by atoms with Crippen LogP contribution >= 0.6 is 0 Å². The number of benzene rings is 1. The molecular weight excluding hydrogens is 337 g/mol. The van der Waals surface area contributed by atoms with E-state index < -0.39 is 18.8 Å². The summed E-state index contributed by atoms with van der Waals surface area (Å²) in [7, 11) is 1.51. The number of imidazole rings is 1. The van der Waals surface area contributed by atoms with E-state index in [1.54, 1.807) is 48.7 Å². The smallest absolute Gasteiger partial charge is 0.422 e. The third kappa shape index (κ3) is 3.57. The third-order valence-electron chi connectivity index (χ3n) is 3.45. The zero-order valence-corrected chi connectivity index (χ0v) is 13.1. The SMILES string of the molecule is COc1ccc(-c2nc3ccccn3c2C(=O)OCC(F)(F)F)cc1. The van der Waals surface area contributed by atoms with Crippen molar-refractivity contribution in [2.24, 2.45) is 0 Å². The molecule has 0 radical (unpaired) electrons. The molecule has 3 rings (SSSR count). The van der Waals surface area contributed by atoms with Gasteiger partial charge in [-0.05, 0) is 36.4 Å². The topological polar surface area (TPSA) is 52.8 Å². The van der Waals surface area contributed by atoms with Crippen molar-refractivity contribution in [3.8, 4) is 17.0 Å². The molecule has 0 atom stereocenters. The Labute approximate surface area is 140 Å². The second-order valence-corrected chi connectivity index (χ2v) is 5.16. The lowest BCUT2D eigenvalue weighted by Crippen LogP contribution is -2.21. The molecule has 25 heavy (non-hydrogen) atoms. The van der Waals surface area contributed by atoms with E-state index in [4.69, 9.17) is 4.74 Å². The van der Waals surface area contributed by atoms with Gasteiger partial charge in [0.25, 0.3) is 0 Å². The first-order valence-electron chi connectivity index (χ1n) is 7.24. The van der Waals surface area contributed by atoms with Crippen LogP contribution in [0.3, 0.4) is 0 Å². The van der Waals surface area contributed by atoms with Crippen LogP contribution in [0.4, 0.5) is 13.2 Å². The summed E-state index contributed by atoms with van der Waals surface area (Å²) in [6, 6.07) is 11.7. The summed E-state index contributed by atoms with van der Waals surface area (Å²) in [6.07, 6.45) is -3.06. The molecule has 0 amide bonds. The number of hydrogen-bond acceptors (Lipinski definition) is 4. The number of pyridine rings is 1. The summed E-state index contributed by atoms with van der Waals surface area (Å²) in [6.45, 7) is -1.66. The molecule has 5 nitrogen and oxygen atoms in total. The molecule has 0 saturated carbocycles. The average molecular weight is 350 g/mol. The number of carbonyl (C=O) groups is 1. The molecule has 0 aliphatic rings. The molecule has 0 aliphatic heterocycles. The maximum absolute atomic E-state index is 12.4. The minimum atomic E-state index is -4.60. The number of alkyl halides is 3. The highest BCUT2D eigenvalue weighted by Gasteiger charge is 2.31. The molecule has 0 bridgehead atoms. The largest absolute Gasteiger partial charge is 0.497 e. The van der Waals surface area contributed by atoms with E-state index in [9.17, 15) is 18.0 Å². The number of aromatic nitrogens is 2. The van der Waals surface area contributed by atoms with E-state index in [-0.39, 0.29) is 11.4 Å². The van der Waals surface area contributed by atoms with Gasteiger partial charge in [0.1, 0.15) is 17.1 Å². The molecule has 2 aromatic heterocycles. The number of hydrogen-bond donors (Lipinski definition) is 0. The van der Waals surface area contributed by atoms with Gasteiger partial charge in [-0.3, -0.25) is 4.40 Å². The van der Waals surface area contributed by atoms with E-state index in [2.05, 4.69) is 9.72 Å². The first-order chi connectivity index (χ1) is 11.9. The van der Waals surface area contributed by atoms with Gasteiger partial charge in [0, 0.05) is 11.8 Å². The molecule has 0 spiro atoms. The molecule has 8 heteroatoms. The molecule has 0 aliphatic carbocycles. The average Bonchev–Trinajstić information content (AvgIpc) is 2.98. The number of nitrogens with zero attached hydrogens (tertiary/aromatic N) is 2. The molecule has 0 fully saturated rings. The van der Waals surface area contributed by atoms with Crippen LogP contribution in [0.2, 0.25) is 0 Å². The van der Waals surface area contributed by atoms with Crippen LogP contribution in [-0.2, 0) is 4.74 Å². The monoisotopic (exact) mass is 350 g/mol. The van der Waals surface area contributed by atoms with Crippen molar-refractivity contribution >= 4 is 11.6 Å². The lowest BCUT2D eigenvalue weighted by atomic mass is 10.1. The lowest BCUT2D eigenvalue weighted by molar-refractivity contribution is -0.161. The van der Waals surface area contributed by atoms with Gasteiger partial charge >= 0.3 is 12.1 Å². The van der Waals surface area contributed by atoms with Gasteiger partial charge in [0.05, 0.1) is 7.11 Å². The van der Waals surface area contributed by atoms with Gasteiger partial charge in [-0.1, -0.05) is 6.07 Å². The van der Waals surface area contributed by atoms with Crippen LogP contribution in [0.15, 0.2) is 48.7 Å². The summed E-state index contributed by atoms with van der Waals surface area (Å²) in [5, 5.41) is 0. The normalized spacial score (nSPS) is 11.5. The van der Waals surface area contributed by atoms with Crippen LogP contribution in [0.5, 0.6) is 5.75 Å². The Kier molecular flexibility index (Phi) is 4.35. The first-order valence-corrected chi connectivity index (χ1v) is 7.24. The summed E-state index contributed by atoms with van der Waals surface area (Å²) in [4.78, 5) is 16.6. The number of methoxy groups -OCH3 is 1. The molecule has 1 aromatic carbocycles. The van der Waals surface area contributed by atoms with Crippen LogP contribution in [0.1, 0.15) is 10.5 Å². The number of carbonyl (C=O) groups excluding carboxylic acids is 1.